The summed E-state index contributed by atoms with van der Waals surface area (Å²) < 4.78 is 0. The zero-order valence-electron chi connectivity index (χ0n) is 5.13. The average Bonchev–Trinajstić information content (AvgIpc) is 1.88. The Morgan fingerprint density at radius 1 is 1.50 bits per heavy atom. The van der Waals surface area contributed by atoms with E-state index in [2.05, 4.69) is 5.92 Å². The van der Waals surface area contributed by atoms with E-state index in [9.17, 15) is 0 Å². The number of rotatable bonds is 0. The Morgan fingerprint density at radius 2 is 2.20 bits per heavy atom. The Balaban J connectivity index is 3.23. The first-order chi connectivity index (χ1) is 4.74. The molecule has 0 spiro atoms. The molecular formula is C8H5ClO. The van der Waals surface area contributed by atoms with Crippen LogP contribution in [-0.2, 0) is 0 Å². The highest BCUT2D eigenvalue weighted by molar-refractivity contribution is 6.31. The molecule has 0 atom stereocenters. The van der Waals surface area contributed by atoms with E-state index in [4.69, 9.17) is 23.1 Å². The van der Waals surface area contributed by atoms with Gasteiger partial charge in [0.05, 0.1) is 5.02 Å². The predicted molar refractivity (Wildman–Crippen MR) is 41.1 cm³/mol. The normalized spacial score (nSPS) is 8.80. The minimum Gasteiger partial charge on any atom is -0.508 e. The van der Waals surface area contributed by atoms with Crippen LogP contribution in [0, 0.1) is 12.3 Å². The average molecular weight is 153 g/mol. The van der Waals surface area contributed by atoms with Gasteiger partial charge in [-0.15, -0.1) is 6.42 Å². The lowest BCUT2D eigenvalue weighted by Gasteiger charge is -1.94. The van der Waals surface area contributed by atoms with Gasteiger partial charge in [0.25, 0.3) is 0 Å². The molecule has 0 aromatic heterocycles. The van der Waals surface area contributed by atoms with E-state index in [0.29, 0.717) is 10.6 Å². The number of phenolic OH excluding ortho intramolecular Hbond substituents is 1. The summed E-state index contributed by atoms with van der Waals surface area (Å²) in [5, 5.41) is 9.29. The molecule has 1 nitrogen and oxygen atoms in total. The molecule has 0 aliphatic heterocycles. The summed E-state index contributed by atoms with van der Waals surface area (Å²) in [5.74, 6) is 2.51. The largest absolute Gasteiger partial charge is 0.508 e. The summed E-state index contributed by atoms with van der Waals surface area (Å²) in [5.41, 5.74) is 0.597. The molecule has 0 amide bonds. The van der Waals surface area contributed by atoms with Gasteiger partial charge in [-0.1, -0.05) is 17.5 Å². The first-order valence-electron chi connectivity index (χ1n) is 2.69. The van der Waals surface area contributed by atoms with E-state index < -0.39 is 0 Å². The van der Waals surface area contributed by atoms with Crippen molar-refractivity contribution in [3.63, 3.8) is 0 Å². The summed E-state index contributed by atoms with van der Waals surface area (Å²) in [6.07, 6.45) is 5.08. The van der Waals surface area contributed by atoms with Crippen LogP contribution in [0.15, 0.2) is 18.2 Å². The summed E-state index contributed by atoms with van der Waals surface area (Å²) in [6.45, 7) is 0. The zero-order valence-corrected chi connectivity index (χ0v) is 5.89. The maximum atomic E-state index is 8.88. The summed E-state index contributed by atoms with van der Waals surface area (Å²) in [6, 6.07) is 4.51. The topological polar surface area (TPSA) is 20.2 Å². The molecule has 1 aromatic rings. The van der Waals surface area contributed by atoms with Crippen LogP contribution in [0.1, 0.15) is 5.56 Å². The van der Waals surface area contributed by atoms with Crippen LogP contribution in [0.2, 0.25) is 5.02 Å². The van der Waals surface area contributed by atoms with Crippen LogP contribution < -0.4 is 0 Å². The van der Waals surface area contributed by atoms with Crippen LogP contribution in [-0.4, -0.2) is 5.11 Å². The molecule has 0 fully saturated rings. The lowest BCUT2D eigenvalue weighted by atomic mass is 10.2. The lowest BCUT2D eigenvalue weighted by molar-refractivity contribution is 0.475. The van der Waals surface area contributed by atoms with Crippen molar-refractivity contribution < 1.29 is 5.11 Å². The lowest BCUT2D eigenvalue weighted by Crippen LogP contribution is -1.74. The first-order valence-corrected chi connectivity index (χ1v) is 3.07. The standard InChI is InChI=1S/C8H5ClO/c1-2-6-3-4-7(10)5-8(6)9/h1,3-5,10H. The number of halogens is 1. The van der Waals surface area contributed by atoms with E-state index in [-0.39, 0.29) is 5.75 Å². The molecule has 0 bridgehead atoms. The van der Waals surface area contributed by atoms with Gasteiger partial charge in [0.1, 0.15) is 5.75 Å². The molecule has 1 aromatic carbocycles. The molecule has 0 aliphatic rings. The molecule has 0 saturated heterocycles. The van der Waals surface area contributed by atoms with Crippen molar-refractivity contribution in [2.45, 2.75) is 0 Å². The molecule has 10 heavy (non-hydrogen) atoms. The molecule has 0 heterocycles. The number of hydrogen-bond acceptors (Lipinski definition) is 1. The number of benzene rings is 1. The molecule has 0 aliphatic carbocycles. The number of phenols is 1. The van der Waals surface area contributed by atoms with Crippen molar-refractivity contribution in [2.24, 2.45) is 0 Å². The third kappa shape index (κ3) is 1.23. The fourth-order valence-electron chi connectivity index (χ4n) is 0.621. The quantitative estimate of drug-likeness (QED) is 0.564. The van der Waals surface area contributed by atoms with Crippen molar-refractivity contribution >= 4 is 11.6 Å². The van der Waals surface area contributed by atoms with Gasteiger partial charge in [-0.05, 0) is 18.2 Å². The van der Waals surface area contributed by atoms with Crippen LogP contribution in [0.25, 0.3) is 0 Å². The minimum absolute atomic E-state index is 0.129. The highest BCUT2D eigenvalue weighted by Crippen LogP contribution is 2.20. The Morgan fingerprint density at radius 3 is 2.70 bits per heavy atom. The summed E-state index contributed by atoms with van der Waals surface area (Å²) >= 11 is 5.63. The van der Waals surface area contributed by atoms with Gasteiger partial charge >= 0.3 is 0 Å². The Kier molecular flexibility index (Phi) is 1.84. The van der Waals surface area contributed by atoms with E-state index in [0.717, 1.165) is 0 Å². The van der Waals surface area contributed by atoms with Gasteiger partial charge in [0.15, 0.2) is 0 Å². The molecule has 50 valence electrons. The van der Waals surface area contributed by atoms with Crippen molar-refractivity contribution in [3.05, 3.63) is 28.8 Å². The van der Waals surface area contributed by atoms with Crippen molar-refractivity contribution in [3.8, 4) is 18.1 Å². The number of aromatic hydroxyl groups is 1. The third-order valence-electron chi connectivity index (χ3n) is 1.11. The molecule has 2 heteroatoms. The first kappa shape index (κ1) is 6.98. The Bertz CT molecular complexity index is 286. The second-order valence-corrected chi connectivity index (χ2v) is 2.22. The maximum Gasteiger partial charge on any atom is 0.117 e. The predicted octanol–water partition coefficient (Wildman–Crippen LogP) is 2.03. The van der Waals surface area contributed by atoms with Gasteiger partial charge in [-0.25, -0.2) is 0 Å². The third-order valence-corrected chi connectivity index (χ3v) is 1.42. The summed E-state index contributed by atoms with van der Waals surface area (Å²) in [7, 11) is 0. The van der Waals surface area contributed by atoms with Gasteiger partial charge in [0.2, 0.25) is 0 Å². The van der Waals surface area contributed by atoms with Crippen molar-refractivity contribution in [2.75, 3.05) is 0 Å². The highest BCUT2D eigenvalue weighted by atomic mass is 35.5. The van der Waals surface area contributed by atoms with Crippen LogP contribution in [0.3, 0.4) is 0 Å². The van der Waals surface area contributed by atoms with Crippen molar-refractivity contribution in [1.29, 1.82) is 0 Å². The highest BCUT2D eigenvalue weighted by Gasteiger charge is 1.95. The van der Waals surface area contributed by atoms with Gasteiger partial charge in [-0.2, -0.15) is 0 Å². The smallest absolute Gasteiger partial charge is 0.117 e. The second kappa shape index (κ2) is 2.64. The van der Waals surface area contributed by atoms with Gasteiger partial charge in [0, 0.05) is 5.56 Å². The number of hydrogen-bond donors (Lipinski definition) is 1. The fraction of sp³-hybridized carbons (Fsp3) is 0. The minimum atomic E-state index is 0.129. The SMILES string of the molecule is C#Cc1ccc(O)cc1Cl. The van der Waals surface area contributed by atoms with E-state index in [1.165, 1.54) is 12.1 Å². The Labute approximate surface area is 64.3 Å². The molecule has 0 saturated carbocycles. The monoisotopic (exact) mass is 152 g/mol. The zero-order chi connectivity index (χ0) is 7.56. The fourth-order valence-corrected chi connectivity index (χ4v) is 0.850. The molecule has 1 rings (SSSR count). The van der Waals surface area contributed by atoms with Gasteiger partial charge < -0.3 is 5.11 Å². The van der Waals surface area contributed by atoms with Crippen LogP contribution >= 0.6 is 11.6 Å². The van der Waals surface area contributed by atoms with Crippen LogP contribution in [0.4, 0.5) is 0 Å². The molecule has 1 N–H and O–H groups in total. The van der Waals surface area contributed by atoms with E-state index in [1.807, 2.05) is 0 Å². The van der Waals surface area contributed by atoms with E-state index in [1.54, 1.807) is 6.07 Å². The van der Waals surface area contributed by atoms with Crippen molar-refractivity contribution in [1.82, 2.24) is 0 Å². The molecule has 0 unspecified atom stereocenters. The molecular weight excluding hydrogens is 148 g/mol. The van der Waals surface area contributed by atoms with E-state index >= 15 is 0 Å². The Hall–Kier alpha value is -1.13. The van der Waals surface area contributed by atoms with Gasteiger partial charge in [-0.3, -0.25) is 0 Å². The van der Waals surface area contributed by atoms with Crippen LogP contribution in [0.5, 0.6) is 5.75 Å². The molecule has 0 radical (unpaired) electrons. The second-order valence-electron chi connectivity index (χ2n) is 1.81. The summed E-state index contributed by atoms with van der Waals surface area (Å²) in [4.78, 5) is 0. The maximum absolute atomic E-state index is 8.88. The number of terminal acetylenes is 1.